The largest absolute Gasteiger partial charge is 0.493 e. The van der Waals surface area contributed by atoms with Crippen LogP contribution in [-0.2, 0) is 32.5 Å². The molecule has 0 fully saturated rings. The van der Waals surface area contributed by atoms with E-state index < -0.39 is 0 Å². The first-order valence-electron chi connectivity index (χ1n) is 19.3. The molecule has 0 unspecified atom stereocenters. The molecule has 0 aliphatic carbocycles. The fourth-order valence-electron chi connectivity index (χ4n) is 9.08. The summed E-state index contributed by atoms with van der Waals surface area (Å²) in [5.74, 6) is 2.56. The minimum absolute atomic E-state index is 0.0256. The first-order chi connectivity index (χ1) is 27.2. The van der Waals surface area contributed by atoms with Gasteiger partial charge in [0.15, 0.2) is 11.5 Å². The molecule has 2 amide bonds. The number of nitrogens with zero attached hydrogens (tertiary/aromatic N) is 4. The Morgan fingerprint density at radius 1 is 0.625 bits per heavy atom. The van der Waals surface area contributed by atoms with E-state index >= 15 is 0 Å². The Bertz CT molecular complexity index is 2380. The smallest absolute Gasteiger partial charge is 0.260 e. The maximum atomic E-state index is 14.1. The monoisotopic (exact) mass is 766 g/mol. The van der Waals surface area contributed by atoms with Crippen molar-refractivity contribution in [3.63, 3.8) is 0 Å². The van der Waals surface area contributed by atoms with Crippen molar-refractivity contribution in [2.24, 2.45) is 0 Å². The number of thiol groups is 1. The number of hydrogen-bond acceptors (Lipinski definition) is 8. The van der Waals surface area contributed by atoms with Crippen molar-refractivity contribution < 1.29 is 23.8 Å². The third kappa shape index (κ3) is 6.30. The lowest BCUT2D eigenvalue weighted by Gasteiger charge is -2.25. The van der Waals surface area contributed by atoms with Crippen molar-refractivity contribution >= 4 is 47.2 Å². The maximum absolute atomic E-state index is 14.1. The summed E-state index contributed by atoms with van der Waals surface area (Å²) in [4.78, 5) is 36.4. The standard InChI is InChI=1S/C46H46N4O5S/c1-28-15-36-40(47(2)24-34-19-32-9-5-7-11-38(32)49(34)45(36)51)22-42(28)54-26-30-16-29(13-14-56)17-31(18-30)27-55-44-23-41-37(21-43(44)53-4)46(52)50-35(25-48(41)3)20-33-10-6-8-12-39(33)50/h5-12,15-18,21-23,34-35,56H,13-14,19-20,24-27H2,1-4H3/t34-,35-/m0/s1. The second-order valence-corrected chi connectivity index (χ2v) is 15.9. The quantitative estimate of drug-likeness (QED) is 0.155. The molecule has 0 N–H and O–H groups in total. The molecule has 56 heavy (non-hydrogen) atoms. The number of anilines is 4. The molecule has 4 aliphatic heterocycles. The van der Waals surface area contributed by atoms with E-state index in [2.05, 4.69) is 65.9 Å². The zero-order valence-corrected chi connectivity index (χ0v) is 33.1. The Morgan fingerprint density at radius 2 is 1.12 bits per heavy atom. The maximum Gasteiger partial charge on any atom is 0.260 e. The first kappa shape index (κ1) is 36.1. The van der Waals surface area contributed by atoms with Crippen LogP contribution in [0.4, 0.5) is 22.7 Å². The van der Waals surface area contributed by atoms with E-state index in [-0.39, 0.29) is 23.9 Å². The van der Waals surface area contributed by atoms with Crippen LogP contribution in [0.5, 0.6) is 17.2 Å². The van der Waals surface area contributed by atoms with E-state index in [9.17, 15) is 9.59 Å². The van der Waals surface area contributed by atoms with Crippen LogP contribution in [0.25, 0.3) is 0 Å². The number of amides is 2. The van der Waals surface area contributed by atoms with Gasteiger partial charge in [0, 0.05) is 50.7 Å². The highest BCUT2D eigenvalue weighted by Crippen LogP contribution is 2.43. The number of likely N-dealkylation sites (N-methyl/N-ethyl adjacent to an activating group) is 2. The summed E-state index contributed by atoms with van der Waals surface area (Å²) in [6, 6.07) is 30.7. The van der Waals surface area contributed by atoms with E-state index in [1.165, 1.54) is 11.1 Å². The molecule has 4 aliphatic rings. The van der Waals surface area contributed by atoms with Crippen molar-refractivity contribution in [2.75, 3.05) is 59.6 Å². The molecule has 0 saturated heterocycles. The minimum Gasteiger partial charge on any atom is -0.493 e. The normalized spacial score (nSPS) is 18.0. The van der Waals surface area contributed by atoms with Gasteiger partial charge in [-0.2, -0.15) is 12.6 Å². The highest BCUT2D eigenvalue weighted by molar-refractivity contribution is 7.80. The molecule has 10 heteroatoms. The molecule has 5 aromatic rings. The van der Waals surface area contributed by atoms with Crippen LogP contribution >= 0.6 is 12.6 Å². The first-order valence-corrected chi connectivity index (χ1v) is 19.9. The predicted octanol–water partition coefficient (Wildman–Crippen LogP) is 7.68. The highest BCUT2D eigenvalue weighted by atomic mass is 32.1. The number of carbonyl (C=O) groups is 2. The van der Waals surface area contributed by atoms with Crippen LogP contribution in [0, 0.1) is 6.92 Å². The number of para-hydroxylation sites is 2. The van der Waals surface area contributed by atoms with E-state index in [1.807, 2.05) is 78.4 Å². The van der Waals surface area contributed by atoms with Crippen LogP contribution in [0.2, 0.25) is 0 Å². The zero-order valence-electron chi connectivity index (χ0n) is 32.2. The fourth-order valence-corrected chi connectivity index (χ4v) is 9.34. The Balaban J connectivity index is 0.946. The molecule has 5 aromatic carbocycles. The van der Waals surface area contributed by atoms with Crippen LogP contribution in [0.3, 0.4) is 0 Å². The highest BCUT2D eigenvalue weighted by Gasteiger charge is 2.40. The predicted molar refractivity (Wildman–Crippen MR) is 225 cm³/mol. The molecule has 0 bridgehead atoms. The lowest BCUT2D eigenvalue weighted by molar-refractivity contribution is 0.0975. The van der Waals surface area contributed by atoms with E-state index in [0.29, 0.717) is 48.1 Å². The van der Waals surface area contributed by atoms with Gasteiger partial charge >= 0.3 is 0 Å². The summed E-state index contributed by atoms with van der Waals surface area (Å²) < 4.78 is 18.8. The summed E-state index contributed by atoms with van der Waals surface area (Å²) >= 11 is 4.53. The minimum atomic E-state index is -0.0256. The molecule has 286 valence electrons. The lowest BCUT2D eigenvalue weighted by Crippen LogP contribution is -2.41. The van der Waals surface area contributed by atoms with E-state index in [0.717, 1.165) is 76.6 Å². The van der Waals surface area contributed by atoms with Crippen LogP contribution in [-0.4, -0.2) is 63.9 Å². The van der Waals surface area contributed by atoms with Crippen LogP contribution in [0.15, 0.2) is 91.0 Å². The Morgan fingerprint density at radius 3 is 1.68 bits per heavy atom. The van der Waals surface area contributed by atoms with Gasteiger partial charge in [-0.25, -0.2) is 0 Å². The van der Waals surface area contributed by atoms with Gasteiger partial charge in [-0.15, -0.1) is 0 Å². The van der Waals surface area contributed by atoms with Gasteiger partial charge in [0.1, 0.15) is 19.0 Å². The van der Waals surface area contributed by atoms with Crippen LogP contribution < -0.4 is 33.8 Å². The summed E-state index contributed by atoms with van der Waals surface area (Å²) in [5, 5.41) is 0. The number of ether oxygens (including phenoxy) is 3. The second kappa shape index (κ2) is 14.5. The number of benzene rings is 5. The van der Waals surface area contributed by atoms with Crippen molar-refractivity contribution in [2.45, 2.75) is 51.5 Å². The molecule has 0 saturated carbocycles. The molecular weight excluding hydrogens is 721 g/mol. The number of hydrogen-bond donors (Lipinski definition) is 1. The second-order valence-electron chi connectivity index (χ2n) is 15.4. The number of fused-ring (bicyclic) bond motifs is 8. The lowest BCUT2D eigenvalue weighted by atomic mass is 10.0. The molecular formula is C46H46N4O5S. The van der Waals surface area contributed by atoms with Crippen molar-refractivity contribution in [3.8, 4) is 17.2 Å². The van der Waals surface area contributed by atoms with Gasteiger partial charge in [-0.05, 0) is 95.7 Å². The Hall–Kier alpha value is -5.61. The number of carbonyl (C=O) groups excluding carboxylic acids is 2. The molecule has 4 heterocycles. The molecule has 9 nitrogen and oxygen atoms in total. The van der Waals surface area contributed by atoms with Gasteiger partial charge in [0.2, 0.25) is 0 Å². The van der Waals surface area contributed by atoms with E-state index in [4.69, 9.17) is 14.2 Å². The SMILES string of the molecule is COc1cc2c(cc1OCc1cc(CCS)cc(COc3cc4c(cc3C)C(=O)N3c5ccccc5C[C@H]3CN4C)c1)N(C)C[C@@H]1Cc3ccccc3N1C2=O. The Labute approximate surface area is 333 Å². The Kier molecular flexibility index (Phi) is 9.32. The third-order valence-corrected chi connectivity index (χ3v) is 11.9. The van der Waals surface area contributed by atoms with E-state index in [1.54, 1.807) is 7.11 Å². The van der Waals surface area contributed by atoms with Crippen molar-refractivity contribution in [1.29, 1.82) is 0 Å². The number of rotatable bonds is 9. The molecule has 0 spiro atoms. The molecule has 9 rings (SSSR count). The van der Waals surface area contributed by atoms with Crippen molar-refractivity contribution in [3.05, 3.63) is 136 Å². The van der Waals surface area contributed by atoms with Gasteiger partial charge in [0.05, 0.1) is 41.7 Å². The third-order valence-electron chi connectivity index (χ3n) is 11.7. The summed E-state index contributed by atoms with van der Waals surface area (Å²) in [5.41, 5.74) is 11.5. The molecule has 2 atom stereocenters. The number of methoxy groups -OCH3 is 1. The fraction of sp³-hybridized carbons (Fsp3) is 0.304. The van der Waals surface area contributed by atoms with Gasteiger partial charge in [-0.1, -0.05) is 48.5 Å². The average Bonchev–Trinajstić information content (AvgIpc) is 3.70. The molecule has 0 radical (unpaired) electrons. The molecule has 0 aromatic heterocycles. The summed E-state index contributed by atoms with van der Waals surface area (Å²) in [7, 11) is 5.70. The van der Waals surface area contributed by atoms with Crippen LogP contribution in [0.1, 0.15) is 54.1 Å². The average molecular weight is 767 g/mol. The van der Waals surface area contributed by atoms with Gasteiger partial charge < -0.3 is 33.8 Å². The van der Waals surface area contributed by atoms with Gasteiger partial charge in [-0.3, -0.25) is 9.59 Å². The number of aryl methyl sites for hydroxylation is 2. The topological polar surface area (TPSA) is 74.8 Å². The van der Waals surface area contributed by atoms with Crippen molar-refractivity contribution in [1.82, 2.24) is 0 Å². The summed E-state index contributed by atoms with van der Waals surface area (Å²) in [6.45, 7) is 4.09. The van der Waals surface area contributed by atoms with Gasteiger partial charge in [0.25, 0.3) is 11.8 Å². The zero-order chi connectivity index (χ0) is 38.7. The summed E-state index contributed by atoms with van der Waals surface area (Å²) in [6.07, 6.45) is 2.47.